The number of rotatable bonds is 5. The van der Waals surface area contributed by atoms with Gasteiger partial charge in [-0.15, -0.1) is 0 Å². The van der Waals surface area contributed by atoms with Crippen molar-refractivity contribution >= 4 is 34.9 Å². The number of hydrogen-bond donors (Lipinski definition) is 2. The van der Waals surface area contributed by atoms with E-state index in [1.165, 1.54) is 6.20 Å². The molecule has 2 amide bonds. The third kappa shape index (κ3) is 5.78. The molecule has 0 atom stereocenters. The first kappa shape index (κ1) is 20.3. The summed E-state index contributed by atoms with van der Waals surface area (Å²) in [5, 5.41) is 6.33. The second kappa shape index (κ2) is 9.17. The Morgan fingerprint density at radius 1 is 1.11 bits per heavy atom. The summed E-state index contributed by atoms with van der Waals surface area (Å²) in [5.74, 6) is 0.369. The van der Waals surface area contributed by atoms with Gasteiger partial charge in [-0.05, 0) is 75.2 Å². The number of nitrogens with one attached hydrogen (secondary N) is 2. The van der Waals surface area contributed by atoms with Crippen LogP contribution in [0, 0.1) is 19.8 Å². The van der Waals surface area contributed by atoms with E-state index in [9.17, 15) is 9.59 Å². The molecule has 2 heterocycles. The summed E-state index contributed by atoms with van der Waals surface area (Å²) in [6, 6.07) is 9.39. The lowest BCUT2D eigenvalue weighted by molar-refractivity contribution is -0.121. The molecule has 7 heteroatoms. The predicted octanol–water partition coefficient (Wildman–Crippen LogP) is 3.64. The fourth-order valence-corrected chi connectivity index (χ4v) is 3.59. The molecule has 0 spiro atoms. The second-order valence-corrected chi connectivity index (χ2v) is 7.76. The third-order valence-corrected chi connectivity index (χ3v) is 5.03. The Bertz CT molecular complexity index is 826. The van der Waals surface area contributed by atoms with Gasteiger partial charge >= 0.3 is 0 Å². The van der Waals surface area contributed by atoms with Crippen LogP contribution >= 0.6 is 11.6 Å². The Labute approximate surface area is 170 Å². The van der Waals surface area contributed by atoms with Gasteiger partial charge in [-0.1, -0.05) is 17.7 Å². The van der Waals surface area contributed by atoms with E-state index in [1.807, 2.05) is 26.0 Å². The molecule has 1 fully saturated rings. The van der Waals surface area contributed by atoms with Crippen LogP contribution in [0.4, 0.5) is 11.5 Å². The summed E-state index contributed by atoms with van der Waals surface area (Å²) >= 11 is 5.81. The second-order valence-electron chi connectivity index (χ2n) is 7.33. The van der Waals surface area contributed by atoms with Crippen molar-refractivity contribution in [3.63, 3.8) is 0 Å². The molecule has 2 N–H and O–H groups in total. The minimum absolute atomic E-state index is 0.0294. The number of carbonyl (C=O) groups excluding carboxylic acids is 2. The van der Waals surface area contributed by atoms with Crippen molar-refractivity contribution in [2.45, 2.75) is 26.7 Å². The number of anilines is 2. The first-order valence-electron chi connectivity index (χ1n) is 9.42. The number of aromatic nitrogens is 1. The van der Waals surface area contributed by atoms with E-state index < -0.39 is 0 Å². The molecule has 1 saturated heterocycles. The van der Waals surface area contributed by atoms with Crippen LogP contribution in [-0.2, 0) is 9.59 Å². The number of carbonyl (C=O) groups is 2. The van der Waals surface area contributed by atoms with Gasteiger partial charge < -0.3 is 10.6 Å². The number of aryl methyl sites for hydroxylation is 2. The van der Waals surface area contributed by atoms with Gasteiger partial charge in [-0.3, -0.25) is 14.5 Å². The molecule has 28 heavy (non-hydrogen) atoms. The highest BCUT2D eigenvalue weighted by Crippen LogP contribution is 2.20. The summed E-state index contributed by atoms with van der Waals surface area (Å²) in [6.07, 6.45) is 2.95. The Balaban J connectivity index is 1.45. The number of likely N-dealkylation sites (tertiary alicyclic amines) is 1. The Morgan fingerprint density at radius 3 is 2.39 bits per heavy atom. The zero-order valence-corrected chi connectivity index (χ0v) is 16.9. The summed E-state index contributed by atoms with van der Waals surface area (Å²) in [4.78, 5) is 30.9. The minimum atomic E-state index is -0.0730. The first-order chi connectivity index (χ1) is 13.4. The van der Waals surface area contributed by atoms with Gasteiger partial charge in [-0.25, -0.2) is 4.98 Å². The number of hydrogen-bond acceptors (Lipinski definition) is 4. The van der Waals surface area contributed by atoms with Crippen molar-refractivity contribution in [1.29, 1.82) is 0 Å². The molecular formula is C21H25ClN4O2. The predicted molar refractivity (Wildman–Crippen MR) is 112 cm³/mol. The van der Waals surface area contributed by atoms with Crippen molar-refractivity contribution in [1.82, 2.24) is 9.88 Å². The fourth-order valence-electron chi connectivity index (χ4n) is 3.48. The SMILES string of the molecule is Cc1cc(C)cc(NC(=O)CN2CCC(C(=O)Nc3ccc(Cl)cn3)CC2)c1. The van der Waals surface area contributed by atoms with Gasteiger partial charge in [-0.2, -0.15) is 0 Å². The molecule has 2 aromatic rings. The van der Waals surface area contributed by atoms with Crippen LogP contribution in [0.25, 0.3) is 0 Å². The van der Waals surface area contributed by atoms with Gasteiger partial charge in [0.1, 0.15) is 5.82 Å². The minimum Gasteiger partial charge on any atom is -0.325 e. The Morgan fingerprint density at radius 2 is 1.79 bits per heavy atom. The molecule has 0 unspecified atom stereocenters. The maximum atomic E-state index is 12.4. The third-order valence-electron chi connectivity index (χ3n) is 4.81. The highest BCUT2D eigenvalue weighted by molar-refractivity contribution is 6.30. The fraction of sp³-hybridized carbons (Fsp3) is 0.381. The van der Waals surface area contributed by atoms with Crippen LogP contribution in [0.2, 0.25) is 5.02 Å². The van der Waals surface area contributed by atoms with E-state index >= 15 is 0 Å². The first-order valence-corrected chi connectivity index (χ1v) is 9.80. The van der Waals surface area contributed by atoms with Crippen LogP contribution in [0.1, 0.15) is 24.0 Å². The van der Waals surface area contributed by atoms with E-state index in [4.69, 9.17) is 11.6 Å². The van der Waals surface area contributed by atoms with Gasteiger partial charge in [0, 0.05) is 17.8 Å². The quantitative estimate of drug-likeness (QED) is 0.803. The average Bonchev–Trinajstić information content (AvgIpc) is 2.63. The molecule has 0 aliphatic carbocycles. The van der Waals surface area contributed by atoms with E-state index in [1.54, 1.807) is 12.1 Å². The van der Waals surface area contributed by atoms with Crippen LogP contribution in [0.15, 0.2) is 36.5 Å². The van der Waals surface area contributed by atoms with Crippen molar-refractivity contribution in [3.05, 3.63) is 52.7 Å². The molecule has 148 valence electrons. The van der Waals surface area contributed by atoms with Crippen LogP contribution in [-0.4, -0.2) is 41.3 Å². The highest BCUT2D eigenvalue weighted by atomic mass is 35.5. The summed E-state index contributed by atoms with van der Waals surface area (Å²) in [6.45, 7) is 5.79. The zero-order valence-electron chi connectivity index (χ0n) is 16.2. The zero-order chi connectivity index (χ0) is 20.1. The number of halogens is 1. The van der Waals surface area contributed by atoms with Gasteiger partial charge in [0.15, 0.2) is 0 Å². The number of pyridine rings is 1. The smallest absolute Gasteiger partial charge is 0.238 e. The van der Waals surface area contributed by atoms with E-state index in [-0.39, 0.29) is 17.7 Å². The highest BCUT2D eigenvalue weighted by Gasteiger charge is 2.26. The molecule has 0 radical (unpaired) electrons. The number of piperidine rings is 1. The van der Waals surface area contributed by atoms with Crippen LogP contribution < -0.4 is 10.6 Å². The summed E-state index contributed by atoms with van der Waals surface area (Å²) < 4.78 is 0. The molecule has 6 nitrogen and oxygen atoms in total. The number of nitrogens with zero attached hydrogens (tertiary/aromatic N) is 2. The number of amides is 2. The lowest BCUT2D eigenvalue weighted by atomic mass is 9.96. The molecule has 1 aromatic carbocycles. The van der Waals surface area contributed by atoms with Crippen molar-refractivity contribution in [3.8, 4) is 0 Å². The van der Waals surface area contributed by atoms with E-state index in [0.717, 1.165) is 29.7 Å². The molecule has 3 rings (SSSR count). The van der Waals surface area contributed by atoms with Gasteiger partial charge in [0.2, 0.25) is 11.8 Å². The van der Waals surface area contributed by atoms with Crippen molar-refractivity contribution in [2.75, 3.05) is 30.3 Å². The van der Waals surface area contributed by atoms with Crippen molar-refractivity contribution < 1.29 is 9.59 Å². The van der Waals surface area contributed by atoms with Gasteiger partial charge in [0.05, 0.1) is 11.6 Å². The lowest BCUT2D eigenvalue weighted by Crippen LogP contribution is -2.41. The lowest BCUT2D eigenvalue weighted by Gasteiger charge is -2.30. The van der Waals surface area contributed by atoms with E-state index in [0.29, 0.717) is 30.5 Å². The Hall–Kier alpha value is -2.44. The standard InChI is InChI=1S/C21H25ClN4O2/c1-14-9-15(2)11-18(10-14)24-20(27)13-26-7-5-16(6-8-26)21(28)25-19-4-3-17(22)12-23-19/h3-4,9-12,16H,5-8,13H2,1-2H3,(H,24,27)(H,23,25,28). The van der Waals surface area contributed by atoms with E-state index in [2.05, 4.69) is 26.6 Å². The molecule has 0 bridgehead atoms. The largest absolute Gasteiger partial charge is 0.325 e. The molecule has 1 aromatic heterocycles. The van der Waals surface area contributed by atoms with Crippen molar-refractivity contribution in [2.24, 2.45) is 5.92 Å². The van der Waals surface area contributed by atoms with Gasteiger partial charge in [0.25, 0.3) is 0 Å². The number of benzene rings is 1. The Kier molecular flexibility index (Phi) is 6.65. The normalized spacial score (nSPS) is 15.2. The molecule has 0 saturated carbocycles. The molecular weight excluding hydrogens is 376 g/mol. The molecule has 1 aliphatic rings. The topological polar surface area (TPSA) is 74.3 Å². The van der Waals surface area contributed by atoms with Crippen LogP contribution in [0.5, 0.6) is 0 Å². The van der Waals surface area contributed by atoms with Crippen LogP contribution in [0.3, 0.4) is 0 Å². The summed E-state index contributed by atoms with van der Waals surface area (Å²) in [5.41, 5.74) is 3.07. The summed E-state index contributed by atoms with van der Waals surface area (Å²) in [7, 11) is 0. The maximum absolute atomic E-state index is 12.4. The molecule has 1 aliphatic heterocycles. The monoisotopic (exact) mass is 400 g/mol. The maximum Gasteiger partial charge on any atom is 0.238 e. The average molecular weight is 401 g/mol.